The number of pyridine rings is 1. The van der Waals surface area contributed by atoms with Gasteiger partial charge >= 0.3 is 6.09 Å². The molecule has 1 aromatic heterocycles. The van der Waals surface area contributed by atoms with Crippen LogP contribution in [0.2, 0.25) is 0 Å². The standard InChI is InChI=1S/C21H21N5O3/c22-12-14-4-5-16(23)17(11-14)25-19(27)15-6-8-21(9-7-15)13-26(20(28)29-21)18-3-1-2-10-24-18/h1-5,10-11,15H,6-9,13,23H2,(H,25,27)/t15-,21-. The number of anilines is 3. The Labute approximate surface area is 168 Å². The molecule has 1 aliphatic heterocycles. The van der Waals surface area contributed by atoms with Crippen LogP contribution in [-0.4, -0.2) is 29.1 Å². The molecule has 148 valence electrons. The normalized spacial score (nSPS) is 23.5. The molecule has 0 atom stereocenters. The Morgan fingerprint density at radius 3 is 2.79 bits per heavy atom. The molecule has 2 heterocycles. The zero-order chi connectivity index (χ0) is 20.4. The molecule has 0 bridgehead atoms. The molecule has 2 fully saturated rings. The van der Waals surface area contributed by atoms with Crippen molar-refractivity contribution in [3.63, 3.8) is 0 Å². The highest BCUT2D eigenvalue weighted by Crippen LogP contribution is 2.40. The maximum atomic E-state index is 12.7. The van der Waals surface area contributed by atoms with E-state index in [1.807, 2.05) is 12.1 Å². The number of benzene rings is 1. The number of nitrogens with zero attached hydrogens (tertiary/aromatic N) is 3. The second-order valence-corrected chi connectivity index (χ2v) is 7.50. The summed E-state index contributed by atoms with van der Waals surface area (Å²) in [7, 11) is 0. The van der Waals surface area contributed by atoms with E-state index < -0.39 is 11.7 Å². The van der Waals surface area contributed by atoms with Crippen LogP contribution in [0, 0.1) is 17.2 Å². The van der Waals surface area contributed by atoms with Crippen LogP contribution >= 0.6 is 0 Å². The van der Waals surface area contributed by atoms with Crippen LogP contribution in [-0.2, 0) is 9.53 Å². The Bertz CT molecular complexity index is 978. The fraction of sp³-hybridized carbons (Fsp3) is 0.333. The van der Waals surface area contributed by atoms with Crippen LogP contribution in [0.15, 0.2) is 42.6 Å². The molecule has 3 N–H and O–H groups in total. The molecule has 0 unspecified atom stereocenters. The summed E-state index contributed by atoms with van der Waals surface area (Å²) in [6.45, 7) is 0.439. The maximum Gasteiger partial charge on any atom is 0.416 e. The number of nitrogen functional groups attached to an aromatic ring is 1. The van der Waals surface area contributed by atoms with Crippen molar-refractivity contribution >= 4 is 29.2 Å². The second-order valence-electron chi connectivity index (χ2n) is 7.50. The van der Waals surface area contributed by atoms with E-state index >= 15 is 0 Å². The van der Waals surface area contributed by atoms with E-state index in [0.29, 0.717) is 55.0 Å². The van der Waals surface area contributed by atoms with Crippen LogP contribution in [0.25, 0.3) is 0 Å². The van der Waals surface area contributed by atoms with E-state index in [0.717, 1.165) is 0 Å². The summed E-state index contributed by atoms with van der Waals surface area (Å²) in [6, 6.07) is 12.2. The van der Waals surface area contributed by atoms with Gasteiger partial charge in [-0.15, -0.1) is 0 Å². The Morgan fingerprint density at radius 2 is 2.10 bits per heavy atom. The van der Waals surface area contributed by atoms with E-state index in [2.05, 4.69) is 10.3 Å². The summed E-state index contributed by atoms with van der Waals surface area (Å²) in [4.78, 5) is 30.8. The molecule has 1 aliphatic carbocycles. The lowest BCUT2D eigenvalue weighted by atomic mass is 9.78. The van der Waals surface area contributed by atoms with E-state index in [9.17, 15) is 9.59 Å². The summed E-state index contributed by atoms with van der Waals surface area (Å²) in [5, 5.41) is 11.9. The first-order valence-electron chi connectivity index (χ1n) is 9.52. The summed E-state index contributed by atoms with van der Waals surface area (Å²) in [5.41, 5.74) is 6.63. The molecular formula is C21H21N5O3. The number of rotatable bonds is 3. The first-order chi connectivity index (χ1) is 14.0. The highest BCUT2D eigenvalue weighted by molar-refractivity contribution is 5.95. The predicted molar refractivity (Wildman–Crippen MR) is 107 cm³/mol. The molecule has 8 heteroatoms. The molecule has 1 saturated heterocycles. The topological polar surface area (TPSA) is 121 Å². The molecule has 0 radical (unpaired) electrons. The Morgan fingerprint density at radius 1 is 1.31 bits per heavy atom. The highest BCUT2D eigenvalue weighted by atomic mass is 16.6. The second kappa shape index (κ2) is 7.43. The van der Waals surface area contributed by atoms with Gasteiger partial charge in [-0.05, 0) is 56.0 Å². The number of nitrogens with two attached hydrogens (primary N) is 1. The molecule has 29 heavy (non-hydrogen) atoms. The van der Waals surface area contributed by atoms with Crippen molar-refractivity contribution in [3.05, 3.63) is 48.2 Å². The minimum Gasteiger partial charge on any atom is -0.441 e. The van der Waals surface area contributed by atoms with Gasteiger partial charge in [-0.2, -0.15) is 5.26 Å². The van der Waals surface area contributed by atoms with Crippen LogP contribution in [0.1, 0.15) is 31.2 Å². The summed E-state index contributed by atoms with van der Waals surface area (Å²) >= 11 is 0. The van der Waals surface area contributed by atoms with Crippen molar-refractivity contribution in [3.8, 4) is 6.07 Å². The number of hydrogen-bond donors (Lipinski definition) is 2. The average molecular weight is 391 g/mol. The third-order valence-corrected chi connectivity index (χ3v) is 5.60. The number of nitrogens with one attached hydrogen (secondary N) is 1. The third kappa shape index (κ3) is 3.72. The fourth-order valence-electron chi connectivity index (χ4n) is 3.95. The number of hydrogen-bond acceptors (Lipinski definition) is 6. The van der Waals surface area contributed by atoms with Crippen molar-refractivity contribution in [2.75, 3.05) is 22.5 Å². The number of ether oxygens (including phenoxy) is 1. The van der Waals surface area contributed by atoms with E-state index in [1.54, 1.807) is 41.4 Å². The third-order valence-electron chi connectivity index (χ3n) is 5.60. The minimum atomic E-state index is -0.578. The van der Waals surface area contributed by atoms with Gasteiger partial charge in [0.15, 0.2) is 0 Å². The zero-order valence-electron chi connectivity index (χ0n) is 15.8. The van der Waals surface area contributed by atoms with Gasteiger partial charge in [-0.25, -0.2) is 9.78 Å². The van der Waals surface area contributed by atoms with E-state index in [-0.39, 0.29) is 11.8 Å². The largest absolute Gasteiger partial charge is 0.441 e. The summed E-state index contributed by atoms with van der Waals surface area (Å²) < 4.78 is 5.71. The van der Waals surface area contributed by atoms with Gasteiger partial charge in [0.05, 0.1) is 29.6 Å². The minimum absolute atomic E-state index is 0.132. The smallest absolute Gasteiger partial charge is 0.416 e. The molecule has 1 spiro atoms. The lowest BCUT2D eigenvalue weighted by molar-refractivity contribution is -0.122. The molecule has 1 saturated carbocycles. The van der Waals surface area contributed by atoms with Gasteiger partial charge in [0.25, 0.3) is 0 Å². The number of carbonyl (C=O) groups excluding carboxylic acids is 2. The number of aromatic nitrogens is 1. The number of amides is 2. The van der Waals surface area contributed by atoms with Crippen molar-refractivity contribution in [2.24, 2.45) is 5.92 Å². The summed E-state index contributed by atoms with van der Waals surface area (Å²) in [6.07, 6.45) is 3.66. The number of carbonyl (C=O) groups is 2. The van der Waals surface area contributed by atoms with Crippen molar-refractivity contribution in [1.29, 1.82) is 5.26 Å². The van der Waals surface area contributed by atoms with E-state index in [4.69, 9.17) is 15.7 Å². The predicted octanol–water partition coefficient (Wildman–Crippen LogP) is 3.06. The molecule has 8 nitrogen and oxygen atoms in total. The van der Waals surface area contributed by atoms with Crippen molar-refractivity contribution in [2.45, 2.75) is 31.3 Å². The Hall–Kier alpha value is -3.60. The molecule has 4 rings (SSSR count). The van der Waals surface area contributed by atoms with E-state index in [1.165, 1.54) is 0 Å². The first-order valence-corrected chi connectivity index (χ1v) is 9.52. The van der Waals surface area contributed by atoms with Crippen LogP contribution in [0.5, 0.6) is 0 Å². The molecular weight excluding hydrogens is 370 g/mol. The lowest BCUT2D eigenvalue weighted by Gasteiger charge is -2.34. The quantitative estimate of drug-likeness (QED) is 0.776. The molecule has 2 aromatic rings. The highest BCUT2D eigenvalue weighted by Gasteiger charge is 2.48. The zero-order valence-corrected chi connectivity index (χ0v) is 15.8. The fourth-order valence-corrected chi connectivity index (χ4v) is 3.95. The van der Waals surface area contributed by atoms with Gasteiger partial charge in [-0.3, -0.25) is 9.69 Å². The molecule has 2 aliphatic rings. The van der Waals surface area contributed by atoms with Crippen LogP contribution in [0.4, 0.5) is 22.0 Å². The maximum absolute atomic E-state index is 12.7. The molecule has 1 aromatic carbocycles. The monoisotopic (exact) mass is 391 g/mol. The van der Waals surface area contributed by atoms with Gasteiger partial charge in [0, 0.05) is 12.1 Å². The number of nitriles is 1. The van der Waals surface area contributed by atoms with Crippen LogP contribution < -0.4 is 16.0 Å². The lowest BCUT2D eigenvalue weighted by Crippen LogP contribution is -2.41. The van der Waals surface area contributed by atoms with Gasteiger partial charge < -0.3 is 15.8 Å². The molecule has 2 amide bonds. The van der Waals surface area contributed by atoms with Gasteiger partial charge in [-0.1, -0.05) is 6.07 Å². The summed E-state index contributed by atoms with van der Waals surface area (Å²) in [5.74, 6) is 0.239. The van der Waals surface area contributed by atoms with Gasteiger partial charge in [0.2, 0.25) is 5.91 Å². The first kappa shape index (κ1) is 18.7. The average Bonchev–Trinajstić information content (AvgIpc) is 3.06. The van der Waals surface area contributed by atoms with Gasteiger partial charge in [0.1, 0.15) is 11.4 Å². The van der Waals surface area contributed by atoms with Crippen molar-refractivity contribution < 1.29 is 14.3 Å². The van der Waals surface area contributed by atoms with Crippen molar-refractivity contribution in [1.82, 2.24) is 4.98 Å². The van der Waals surface area contributed by atoms with Crippen LogP contribution in [0.3, 0.4) is 0 Å². The Kier molecular flexibility index (Phi) is 4.80. The SMILES string of the molecule is N#Cc1ccc(N)c(NC(=O)[C@H]2CC[C@]3(CC2)CN(c2ccccn2)C(=O)O3)c1. The Balaban J connectivity index is 1.39.